The first-order chi connectivity index (χ1) is 11.2. The van der Waals surface area contributed by atoms with Crippen molar-refractivity contribution in [1.82, 2.24) is 25.3 Å². The first-order valence-corrected chi connectivity index (χ1v) is 9.67. The summed E-state index contributed by atoms with van der Waals surface area (Å²) in [5.41, 5.74) is 4.88. The van der Waals surface area contributed by atoms with Crippen molar-refractivity contribution in [1.29, 1.82) is 0 Å². The molecule has 7 heteroatoms. The number of aromatic nitrogens is 4. The molecular formula is C16H19N5S2. The summed E-state index contributed by atoms with van der Waals surface area (Å²) < 4.78 is 0. The van der Waals surface area contributed by atoms with Crippen molar-refractivity contribution in [2.75, 3.05) is 0 Å². The number of nitrogens with one attached hydrogen (secondary N) is 1. The fraction of sp³-hybridized carbons (Fsp3) is 0.500. The number of thioether (sulfide) groups is 2. The highest BCUT2D eigenvalue weighted by Crippen LogP contribution is 2.37. The van der Waals surface area contributed by atoms with Crippen LogP contribution in [0.5, 0.6) is 0 Å². The van der Waals surface area contributed by atoms with Crippen LogP contribution in [0.15, 0.2) is 22.7 Å². The normalized spacial score (nSPS) is 23.2. The zero-order chi connectivity index (χ0) is 15.8. The lowest BCUT2D eigenvalue weighted by molar-refractivity contribution is 0.538. The lowest BCUT2D eigenvalue weighted by atomic mass is 10.1. The third kappa shape index (κ3) is 3.09. The molecule has 0 radical (unpaired) electrons. The Labute approximate surface area is 144 Å². The van der Waals surface area contributed by atoms with Gasteiger partial charge in [-0.3, -0.25) is 5.32 Å². The van der Waals surface area contributed by atoms with E-state index in [0.717, 1.165) is 47.1 Å². The molecular weight excluding hydrogens is 326 g/mol. The van der Waals surface area contributed by atoms with Crippen LogP contribution in [0, 0.1) is 13.8 Å². The zero-order valence-electron chi connectivity index (χ0n) is 13.2. The van der Waals surface area contributed by atoms with E-state index in [1.54, 1.807) is 12.7 Å². The van der Waals surface area contributed by atoms with Crippen molar-refractivity contribution in [2.24, 2.45) is 0 Å². The Bertz CT molecular complexity index is 675. The van der Waals surface area contributed by atoms with Crippen LogP contribution < -0.4 is 5.32 Å². The number of hydrogen-bond acceptors (Lipinski definition) is 7. The molecule has 0 spiro atoms. The first-order valence-electron chi connectivity index (χ1n) is 7.91. The monoisotopic (exact) mass is 345 g/mol. The number of aryl methyl sites for hydroxylation is 2. The van der Waals surface area contributed by atoms with Gasteiger partial charge in [0.1, 0.15) is 22.7 Å². The second kappa shape index (κ2) is 6.37. The van der Waals surface area contributed by atoms with Gasteiger partial charge in [0, 0.05) is 22.5 Å². The Kier molecular flexibility index (Phi) is 4.26. The predicted octanol–water partition coefficient (Wildman–Crippen LogP) is 2.90. The van der Waals surface area contributed by atoms with Gasteiger partial charge >= 0.3 is 0 Å². The smallest absolute Gasteiger partial charge is 0.116 e. The highest BCUT2D eigenvalue weighted by atomic mass is 32.2. The molecule has 0 fully saturated rings. The van der Waals surface area contributed by atoms with Gasteiger partial charge in [-0.15, -0.1) is 0 Å². The highest BCUT2D eigenvalue weighted by Gasteiger charge is 2.27. The second-order valence-corrected chi connectivity index (χ2v) is 8.33. The van der Waals surface area contributed by atoms with Gasteiger partial charge < -0.3 is 0 Å². The van der Waals surface area contributed by atoms with Crippen LogP contribution in [0.2, 0.25) is 0 Å². The van der Waals surface area contributed by atoms with Gasteiger partial charge in [-0.1, -0.05) is 23.5 Å². The van der Waals surface area contributed by atoms with E-state index in [1.807, 2.05) is 23.5 Å². The number of rotatable bonds is 2. The van der Waals surface area contributed by atoms with E-state index in [1.165, 1.54) is 11.1 Å². The Morgan fingerprint density at radius 2 is 1.30 bits per heavy atom. The number of nitrogens with zero attached hydrogens (tertiary/aromatic N) is 4. The maximum absolute atomic E-state index is 4.46. The summed E-state index contributed by atoms with van der Waals surface area (Å²) in [5.74, 6) is 0. The maximum atomic E-state index is 4.46. The van der Waals surface area contributed by atoms with Crippen molar-refractivity contribution < 1.29 is 0 Å². The third-order valence-corrected chi connectivity index (χ3v) is 6.90. The van der Waals surface area contributed by atoms with E-state index >= 15 is 0 Å². The van der Waals surface area contributed by atoms with E-state index in [4.69, 9.17) is 0 Å². The highest BCUT2D eigenvalue weighted by molar-refractivity contribution is 8.00. The standard InChI is InChI=1S/C16H19N5S2/c1-9-11-3-5-13(22-15(11)19-7-17-9)21-14-6-4-12-10(2)18-8-20-16(12)23-14/h7-8,13-14,21H,3-6H2,1-2H3. The van der Waals surface area contributed by atoms with Crippen LogP contribution in [0.4, 0.5) is 0 Å². The van der Waals surface area contributed by atoms with E-state index in [0.29, 0.717) is 10.7 Å². The van der Waals surface area contributed by atoms with Crippen molar-refractivity contribution in [3.63, 3.8) is 0 Å². The second-order valence-electron chi connectivity index (χ2n) is 5.94. The summed E-state index contributed by atoms with van der Waals surface area (Å²) in [4.78, 5) is 17.5. The molecule has 120 valence electrons. The molecule has 0 aromatic carbocycles. The first kappa shape index (κ1) is 15.4. The Morgan fingerprint density at radius 1 is 0.826 bits per heavy atom. The maximum Gasteiger partial charge on any atom is 0.116 e. The molecule has 0 amide bonds. The topological polar surface area (TPSA) is 63.6 Å². The molecule has 2 aliphatic rings. The van der Waals surface area contributed by atoms with Gasteiger partial charge in [0.25, 0.3) is 0 Å². The average molecular weight is 345 g/mol. The van der Waals surface area contributed by atoms with E-state index in [-0.39, 0.29) is 0 Å². The van der Waals surface area contributed by atoms with Gasteiger partial charge in [-0.2, -0.15) is 0 Å². The Morgan fingerprint density at radius 3 is 1.78 bits per heavy atom. The van der Waals surface area contributed by atoms with Crippen LogP contribution in [0.1, 0.15) is 35.4 Å². The average Bonchev–Trinajstić information content (AvgIpc) is 2.55. The van der Waals surface area contributed by atoms with Crippen molar-refractivity contribution in [3.8, 4) is 0 Å². The molecule has 2 aliphatic heterocycles. The molecule has 0 bridgehead atoms. The third-order valence-electron chi connectivity index (χ3n) is 4.44. The number of fused-ring (bicyclic) bond motifs is 2. The molecule has 2 atom stereocenters. The molecule has 0 aliphatic carbocycles. The molecule has 0 saturated carbocycles. The molecule has 23 heavy (non-hydrogen) atoms. The SMILES string of the molecule is Cc1ncnc2c1CCC(NC1CCc3c(C)ncnc3S1)S2. The molecule has 4 heterocycles. The Balaban J connectivity index is 1.44. The minimum atomic E-state index is 0.416. The predicted molar refractivity (Wildman–Crippen MR) is 92.6 cm³/mol. The molecule has 2 aromatic heterocycles. The zero-order valence-corrected chi connectivity index (χ0v) is 14.9. The minimum Gasteiger partial charge on any atom is -0.293 e. The molecule has 2 aromatic rings. The summed E-state index contributed by atoms with van der Waals surface area (Å²) in [6, 6.07) is 0. The Hall–Kier alpha value is -1.18. The van der Waals surface area contributed by atoms with Crippen LogP contribution in [0.25, 0.3) is 0 Å². The fourth-order valence-corrected chi connectivity index (χ4v) is 5.68. The van der Waals surface area contributed by atoms with Gasteiger partial charge in [0.15, 0.2) is 0 Å². The molecule has 0 saturated heterocycles. The largest absolute Gasteiger partial charge is 0.293 e. The van der Waals surface area contributed by atoms with Crippen LogP contribution in [-0.2, 0) is 12.8 Å². The van der Waals surface area contributed by atoms with Gasteiger partial charge in [0.05, 0.1) is 10.7 Å². The fourth-order valence-electron chi connectivity index (χ4n) is 3.12. The summed E-state index contributed by atoms with van der Waals surface area (Å²) in [7, 11) is 0. The summed E-state index contributed by atoms with van der Waals surface area (Å²) in [6.07, 6.45) is 7.71. The van der Waals surface area contributed by atoms with E-state index in [2.05, 4.69) is 39.1 Å². The molecule has 5 nitrogen and oxygen atoms in total. The van der Waals surface area contributed by atoms with Gasteiger partial charge in [-0.05, 0) is 39.5 Å². The number of hydrogen-bond donors (Lipinski definition) is 1. The van der Waals surface area contributed by atoms with Crippen molar-refractivity contribution in [2.45, 2.75) is 60.3 Å². The lowest BCUT2D eigenvalue weighted by Gasteiger charge is -2.31. The summed E-state index contributed by atoms with van der Waals surface area (Å²) in [6.45, 7) is 4.15. The quantitative estimate of drug-likeness (QED) is 0.840. The van der Waals surface area contributed by atoms with Crippen molar-refractivity contribution in [3.05, 3.63) is 35.2 Å². The molecule has 2 unspecified atom stereocenters. The van der Waals surface area contributed by atoms with Crippen molar-refractivity contribution >= 4 is 23.5 Å². The van der Waals surface area contributed by atoms with Gasteiger partial charge in [0.2, 0.25) is 0 Å². The minimum absolute atomic E-state index is 0.416. The van der Waals surface area contributed by atoms with Crippen LogP contribution in [-0.4, -0.2) is 30.7 Å². The van der Waals surface area contributed by atoms with Crippen LogP contribution in [0.3, 0.4) is 0 Å². The molecule has 4 rings (SSSR count). The van der Waals surface area contributed by atoms with E-state index < -0.39 is 0 Å². The summed E-state index contributed by atoms with van der Waals surface area (Å²) in [5, 5.41) is 6.89. The lowest BCUT2D eigenvalue weighted by Crippen LogP contribution is -2.38. The summed E-state index contributed by atoms with van der Waals surface area (Å²) >= 11 is 3.68. The van der Waals surface area contributed by atoms with Crippen LogP contribution >= 0.6 is 23.5 Å². The van der Waals surface area contributed by atoms with Gasteiger partial charge in [-0.25, -0.2) is 19.9 Å². The molecule has 1 N–H and O–H groups in total. The van der Waals surface area contributed by atoms with E-state index in [9.17, 15) is 0 Å².